The molecule has 3 nitrogen and oxygen atoms in total. The van der Waals surface area contributed by atoms with Gasteiger partial charge in [-0.1, -0.05) is 6.92 Å². The van der Waals surface area contributed by atoms with Crippen molar-refractivity contribution in [3.63, 3.8) is 0 Å². The highest BCUT2D eigenvalue weighted by atomic mass is 16.3. The smallest absolute Gasteiger partial charge is 0.167 e. The fourth-order valence-electron chi connectivity index (χ4n) is 6.62. The Labute approximate surface area is 127 Å². The van der Waals surface area contributed by atoms with Crippen LogP contribution >= 0.6 is 0 Å². The van der Waals surface area contributed by atoms with Gasteiger partial charge in [0.15, 0.2) is 5.78 Å². The molecule has 3 heteroatoms. The number of Topliss-reactive ketones (excluding diaryl/α,β-unsaturated/α-hetero) is 1. The molecule has 2 N–H and O–H groups in total. The maximum Gasteiger partial charge on any atom is 0.167 e. The second kappa shape index (κ2) is 4.79. The van der Waals surface area contributed by atoms with E-state index in [1.54, 1.807) is 0 Å². The molecule has 4 rings (SSSR count). The van der Waals surface area contributed by atoms with Gasteiger partial charge in [0.05, 0.1) is 6.10 Å². The maximum absolute atomic E-state index is 12.4. The number of aliphatic hydroxyl groups excluding tert-OH is 2. The lowest BCUT2D eigenvalue weighted by Gasteiger charge is -2.54. The summed E-state index contributed by atoms with van der Waals surface area (Å²) in [4.78, 5) is 12.4. The van der Waals surface area contributed by atoms with Gasteiger partial charge in [0.25, 0.3) is 0 Å². The van der Waals surface area contributed by atoms with Crippen LogP contribution in [0.1, 0.15) is 58.3 Å². The summed E-state index contributed by atoms with van der Waals surface area (Å²) in [5.41, 5.74) is -0.248. The van der Waals surface area contributed by atoms with Gasteiger partial charge in [-0.3, -0.25) is 4.79 Å². The minimum atomic E-state index is -0.704. The first-order valence-corrected chi connectivity index (χ1v) is 8.91. The Morgan fingerprint density at radius 3 is 2.52 bits per heavy atom. The standard InChI is InChI=1S/C18H28O3/c1-18-7-6-13-12-5-3-11(19)8-10(12)2-4-14(13)15(18)9-16(20)17(18)21/h10-16,19-20H,2-9H2,1H3/t10-,11-,12?,13+,14+,15-,16+,18-/m0/s1. The Kier molecular flexibility index (Phi) is 3.24. The largest absolute Gasteiger partial charge is 0.393 e. The van der Waals surface area contributed by atoms with Crippen molar-refractivity contribution in [3.8, 4) is 0 Å². The molecule has 0 spiro atoms. The van der Waals surface area contributed by atoms with Gasteiger partial charge in [0.2, 0.25) is 0 Å². The maximum atomic E-state index is 12.4. The number of rotatable bonds is 0. The van der Waals surface area contributed by atoms with Crippen LogP contribution in [0.5, 0.6) is 0 Å². The molecule has 0 aromatic carbocycles. The van der Waals surface area contributed by atoms with Crippen molar-refractivity contribution in [3.05, 3.63) is 0 Å². The van der Waals surface area contributed by atoms with E-state index in [0.717, 1.165) is 37.5 Å². The molecule has 0 heterocycles. The summed E-state index contributed by atoms with van der Waals surface area (Å²) in [7, 11) is 0. The van der Waals surface area contributed by atoms with Crippen molar-refractivity contribution in [1.29, 1.82) is 0 Å². The van der Waals surface area contributed by atoms with E-state index in [9.17, 15) is 15.0 Å². The summed E-state index contributed by atoms with van der Waals surface area (Å²) >= 11 is 0. The molecular formula is C18H28O3. The Morgan fingerprint density at radius 1 is 0.952 bits per heavy atom. The van der Waals surface area contributed by atoms with Gasteiger partial charge in [0, 0.05) is 5.41 Å². The molecule has 0 bridgehead atoms. The summed E-state index contributed by atoms with van der Waals surface area (Å²) < 4.78 is 0. The second-order valence-corrected chi connectivity index (χ2v) is 8.47. The monoisotopic (exact) mass is 292 g/mol. The fourth-order valence-corrected chi connectivity index (χ4v) is 6.62. The van der Waals surface area contributed by atoms with Crippen molar-refractivity contribution in [2.75, 3.05) is 0 Å². The van der Waals surface area contributed by atoms with E-state index < -0.39 is 6.10 Å². The average molecular weight is 292 g/mol. The Hall–Kier alpha value is -0.410. The van der Waals surface area contributed by atoms with Crippen LogP contribution in [-0.2, 0) is 4.79 Å². The number of carbonyl (C=O) groups is 1. The van der Waals surface area contributed by atoms with Crippen LogP contribution in [0.15, 0.2) is 0 Å². The van der Waals surface area contributed by atoms with Crippen LogP contribution in [0.3, 0.4) is 0 Å². The Balaban J connectivity index is 1.59. The Bertz CT molecular complexity index is 448. The lowest BCUT2D eigenvalue weighted by Crippen LogP contribution is -2.49. The number of fused-ring (bicyclic) bond motifs is 5. The zero-order valence-corrected chi connectivity index (χ0v) is 13.0. The van der Waals surface area contributed by atoms with E-state index in [4.69, 9.17) is 0 Å². The van der Waals surface area contributed by atoms with Gasteiger partial charge in [-0.2, -0.15) is 0 Å². The van der Waals surface area contributed by atoms with Crippen molar-refractivity contribution in [2.24, 2.45) is 35.0 Å². The van der Waals surface area contributed by atoms with Gasteiger partial charge in [-0.25, -0.2) is 0 Å². The normalized spacial score (nSPS) is 56.5. The highest BCUT2D eigenvalue weighted by Gasteiger charge is 2.59. The second-order valence-electron chi connectivity index (χ2n) is 8.47. The SMILES string of the molecule is C[C@]12CC[C@@H]3C4CC[C@H](O)C[C@@H]4CC[C@H]3[C@@H]1C[C@@H](O)C2=O. The topological polar surface area (TPSA) is 57.5 Å². The fraction of sp³-hybridized carbons (Fsp3) is 0.944. The molecule has 0 aliphatic heterocycles. The van der Waals surface area contributed by atoms with Gasteiger partial charge < -0.3 is 10.2 Å². The number of ketones is 1. The lowest BCUT2D eigenvalue weighted by molar-refractivity contribution is -0.137. The quantitative estimate of drug-likeness (QED) is 0.721. The number of hydrogen-bond donors (Lipinski definition) is 2. The molecule has 4 aliphatic carbocycles. The third-order valence-electron chi connectivity index (χ3n) is 7.66. The highest BCUT2D eigenvalue weighted by molar-refractivity contribution is 5.91. The molecule has 8 atom stereocenters. The van der Waals surface area contributed by atoms with Crippen molar-refractivity contribution < 1.29 is 15.0 Å². The van der Waals surface area contributed by atoms with Crippen molar-refractivity contribution in [2.45, 2.75) is 70.5 Å². The molecule has 118 valence electrons. The molecule has 21 heavy (non-hydrogen) atoms. The number of carbonyl (C=O) groups excluding carboxylic acids is 1. The molecule has 0 amide bonds. The molecule has 0 saturated heterocycles. The summed E-state index contributed by atoms with van der Waals surface area (Å²) in [6.07, 6.45) is 7.62. The van der Waals surface area contributed by atoms with E-state index in [-0.39, 0.29) is 17.3 Å². The molecular weight excluding hydrogens is 264 g/mol. The van der Waals surface area contributed by atoms with Gasteiger partial charge in [-0.15, -0.1) is 0 Å². The van der Waals surface area contributed by atoms with Crippen LogP contribution in [-0.4, -0.2) is 28.2 Å². The van der Waals surface area contributed by atoms with E-state index in [1.807, 2.05) is 0 Å². The van der Waals surface area contributed by atoms with Crippen LogP contribution in [0.4, 0.5) is 0 Å². The van der Waals surface area contributed by atoms with Crippen LogP contribution in [0.25, 0.3) is 0 Å². The zero-order chi connectivity index (χ0) is 14.8. The van der Waals surface area contributed by atoms with E-state index in [1.165, 1.54) is 19.3 Å². The first-order chi connectivity index (χ1) is 10.0. The first-order valence-electron chi connectivity index (χ1n) is 8.91. The number of aliphatic hydroxyl groups is 2. The van der Waals surface area contributed by atoms with Gasteiger partial charge in [-0.05, 0) is 81.0 Å². The zero-order valence-electron chi connectivity index (χ0n) is 13.0. The average Bonchev–Trinajstić information content (AvgIpc) is 2.70. The first kappa shape index (κ1) is 14.2. The molecule has 4 saturated carbocycles. The van der Waals surface area contributed by atoms with Crippen LogP contribution in [0.2, 0.25) is 0 Å². The van der Waals surface area contributed by atoms with E-state index in [0.29, 0.717) is 24.2 Å². The Morgan fingerprint density at radius 2 is 1.71 bits per heavy atom. The predicted molar refractivity (Wildman–Crippen MR) is 79.5 cm³/mol. The molecule has 0 aromatic heterocycles. The minimum Gasteiger partial charge on any atom is -0.393 e. The molecule has 4 aliphatic rings. The third kappa shape index (κ3) is 1.96. The summed E-state index contributed by atoms with van der Waals surface area (Å²) in [5.74, 6) is 3.39. The third-order valence-corrected chi connectivity index (χ3v) is 7.66. The van der Waals surface area contributed by atoms with Crippen molar-refractivity contribution >= 4 is 5.78 Å². The minimum absolute atomic E-state index is 0.0773. The van der Waals surface area contributed by atoms with Gasteiger partial charge >= 0.3 is 0 Å². The summed E-state index contributed by atoms with van der Waals surface area (Å²) in [5, 5.41) is 20.0. The lowest BCUT2D eigenvalue weighted by atomic mass is 9.50. The van der Waals surface area contributed by atoms with Crippen molar-refractivity contribution in [1.82, 2.24) is 0 Å². The van der Waals surface area contributed by atoms with Crippen LogP contribution in [0, 0.1) is 35.0 Å². The highest BCUT2D eigenvalue weighted by Crippen LogP contribution is 2.61. The van der Waals surface area contributed by atoms with Crippen LogP contribution < -0.4 is 0 Å². The van der Waals surface area contributed by atoms with E-state index >= 15 is 0 Å². The van der Waals surface area contributed by atoms with Gasteiger partial charge in [0.1, 0.15) is 6.10 Å². The molecule has 0 radical (unpaired) electrons. The summed E-state index contributed by atoms with van der Waals surface area (Å²) in [6, 6.07) is 0. The summed E-state index contributed by atoms with van der Waals surface area (Å²) in [6.45, 7) is 2.11. The van der Waals surface area contributed by atoms with E-state index in [2.05, 4.69) is 6.92 Å². The predicted octanol–water partition coefficient (Wildman–Crippen LogP) is 2.54. The molecule has 4 fully saturated rings. The molecule has 0 aromatic rings. The molecule has 1 unspecified atom stereocenters. The number of hydrogen-bond acceptors (Lipinski definition) is 3.